The monoisotopic (exact) mass is 445 g/mol. The van der Waals surface area contributed by atoms with E-state index in [2.05, 4.69) is 5.32 Å². The minimum absolute atomic E-state index is 0.0289. The number of nitrogens with one attached hydrogen (secondary N) is 1. The van der Waals surface area contributed by atoms with Gasteiger partial charge in [0.05, 0.1) is 11.3 Å². The zero-order valence-corrected chi connectivity index (χ0v) is 17.8. The number of hydrogen-bond donors (Lipinski definition) is 2. The lowest BCUT2D eigenvalue weighted by Crippen LogP contribution is -2.42. The molecule has 1 aliphatic carbocycles. The van der Waals surface area contributed by atoms with E-state index in [1.165, 1.54) is 0 Å². The number of fused-ring (bicyclic) bond motifs is 3. The molecule has 1 heterocycles. The highest BCUT2D eigenvalue weighted by molar-refractivity contribution is 6.30. The summed E-state index contributed by atoms with van der Waals surface area (Å²) >= 11 is 5.95. The lowest BCUT2D eigenvalue weighted by molar-refractivity contribution is -0.139. The highest BCUT2D eigenvalue weighted by Gasteiger charge is 2.42. The van der Waals surface area contributed by atoms with Crippen LogP contribution in [0.5, 0.6) is 5.75 Å². The van der Waals surface area contributed by atoms with Crippen LogP contribution < -0.4 is 10.1 Å². The summed E-state index contributed by atoms with van der Waals surface area (Å²) in [7, 11) is 0. The summed E-state index contributed by atoms with van der Waals surface area (Å²) < 4.78 is 5.62. The molecule has 3 unspecified atom stereocenters. The lowest BCUT2D eigenvalue weighted by atomic mass is 9.78. The predicted octanol–water partition coefficient (Wildman–Crippen LogP) is 5.76. The average molecular weight is 446 g/mol. The van der Waals surface area contributed by atoms with Crippen molar-refractivity contribution in [3.8, 4) is 16.9 Å². The van der Waals surface area contributed by atoms with Gasteiger partial charge in [0.25, 0.3) is 0 Å². The molecule has 2 aliphatic rings. The number of ether oxygens (including phenoxy) is 1. The van der Waals surface area contributed by atoms with Crippen LogP contribution >= 0.6 is 11.6 Å². The molecule has 0 amide bonds. The van der Waals surface area contributed by atoms with Gasteiger partial charge in [-0.25, -0.2) is 9.59 Å². The molecule has 5 nitrogen and oxygen atoms in total. The molecule has 32 heavy (non-hydrogen) atoms. The van der Waals surface area contributed by atoms with Crippen LogP contribution in [0.25, 0.3) is 11.1 Å². The average Bonchev–Trinajstić information content (AvgIpc) is 3.29. The van der Waals surface area contributed by atoms with Gasteiger partial charge in [0.15, 0.2) is 0 Å². The Balaban J connectivity index is 1.40. The second kappa shape index (κ2) is 8.17. The highest BCUT2D eigenvalue weighted by Crippen LogP contribution is 2.45. The Kier molecular flexibility index (Phi) is 5.19. The van der Waals surface area contributed by atoms with E-state index in [9.17, 15) is 14.7 Å². The van der Waals surface area contributed by atoms with Crippen molar-refractivity contribution < 1.29 is 19.4 Å². The molecule has 1 aliphatic heterocycles. The number of benzene rings is 3. The van der Waals surface area contributed by atoms with Gasteiger partial charge in [-0.05, 0) is 53.4 Å². The van der Waals surface area contributed by atoms with Crippen LogP contribution in [-0.4, -0.2) is 23.1 Å². The third-order valence-electron chi connectivity index (χ3n) is 6.13. The van der Waals surface area contributed by atoms with E-state index in [1.807, 2.05) is 60.7 Å². The lowest BCUT2D eigenvalue weighted by Gasteiger charge is -2.35. The predicted molar refractivity (Wildman–Crippen MR) is 123 cm³/mol. The fourth-order valence-electron chi connectivity index (χ4n) is 4.56. The fourth-order valence-corrected chi connectivity index (χ4v) is 4.68. The normalized spacial score (nSPS) is 20.7. The number of anilines is 1. The van der Waals surface area contributed by atoms with Gasteiger partial charge in [-0.1, -0.05) is 60.2 Å². The Labute approximate surface area is 190 Å². The molecule has 0 saturated carbocycles. The van der Waals surface area contributed by atoms with Gasteiger partial charge in [0.2, 0.25) is 0 Å². The Bertz CT molecular complexity index is 1220. The van der Waals surface area contributed by atoms with Crippen molar-refractivity contribution in [1.29, 1.82) is 0 Å². The van der Waals surface area contributed by atoms with Crippen molar-refractivity contribution in [1.82, 2.24) is 0 Å². The van der Waals surface area contributed by atoms with Crippen LogP contribution in [0.2, 0.25) is 5.02 Å². The van der Waals surface area contributed by atoms with Crippen molar-refractivity contribution in [2.45, 2.75) is 18.4 Å². The molecule has 3 aromatic rings. The highest BCUT2D eigenvalue weighted by atomic mass is 35.5. The molecular weight excluding hydrogens is 426 g/mol. The van der Waals surface area contributed by atoms with E-state index >= 15 is 0 Å². The number of allylic oxidation sites excluding steroid dienone is 2. The second-order valence-electron chi connectivity index (χ2n) is 8.00. The molecule has 0 bridgehead atoms. The molecule has 0 spiro atoms. The first kappa shape index (κ1) is 20.3. The van der Waals surface area contributed by atoms with Crippen molar-refractivity contribution in [2.75, 3.05) is 5.32 Å². The van der Waals surface area contributed by atoms with E-state index in [0.717, 1.165) is 16.7 Å². The smallest absolute Gasteiger partial charge is 0.345 e. The van der Waals surface area contributed by atoms with Gasteiger partial charge < -0.3 is 15.2 Å². The van der Waals surface area contributed by atoms with E-state index < -0.39 is 18.0 Å². The van der Waals surface area contributed by atoms with Gasteiger partial charge in [-0.15, -0.1) is 0 Å². The van der Waals surface area contributed by atoms with Crippen molar-refractivity contribution in [2.24, 2.45) is 5.92 Å². The summed E-state index contributed by atoms with van der Waals surface area (Å²) in [5, 5.41) is 13.5. The third kappa shape index (κ3) is 3.65. The van der Waals surface area contributed by atoms with Crippen molar-refractivity contribution >= 4 is 29.2 Å². The second-order valence-corrected chi connectivity index (χ2v) is 8.44. The molecule has 0 aromatic heterocycles. The topological polar surface area (TPSA) is 75.6 Å². The number of carboxylic acid groups (broad SMARTS) is 1. The maximum atomic E-state index is 13.0. The zero-order valence-electron chi connectivity index (χ0n) is 17.0. The summed E-state index contributed by atoms with van der Waals surface area (Å²) in [6.45, 7) is 0. The summed E-state index contributed by atoms with van der Waals surface area (Å²) in [5.74, 6) is -1.13. The first-order chi connectivity index (χ1) is 15.5. The van der Waals surface area contributed by atoms with E-state index in [-0.39, 0.29) is 11.8 Å². The summed E-state index contributed by atoms with van der Waals surface area (Å²) in [4.78, 5) is 24.8. The fraction of sp³-hybridized carbons (Fsp3) is 0.154. The molecule has 3 aromatic carbocycles. The Morgan fingerprint density at radius 2 is 1.66 bits per heavy atom. The molecule has 6 heteroatoms. The third-order valence-corrected chi connectivity index (χ3v) is 6.38. The molecule has 2 N–H and O–H groups in total. The van der Waals surface area contributed by atoms with E-state index in [0.29, 0.717) is 28.4 Å². The Morgan fingerprint density at radius 3 is 2.34 bits per heavy atom. The number of carbonyl (C=O) groups is 2. The number of hydrogen-bond acceptors (Lipinski definition) is 4. The Morgan fingerprint density at radius 1 is 0.969 bits per heavy atom. The maximum absolute atomic E-state index is 13.0. The molecule has 0 saturated heterocycles. The van der Waals surface area contributed by atoms with Crippen LogP contribution in [0.1, 0.15) is 28.3 Å². The largest absolute Gasteiger partial charge is 0.480 e. The number of esters is 1. The standard InChI is InChI=1S/C26H20ClNO4/c27-17-11-7-15(8-12-17)16-9-13-18(14-10-16)32-26(31)22-6-2-4-20-19-3-1-5-21(19)24(25(29)30)28-23(20)22/h1-4,6-14,19,21,24,28H,5H2,(H,29,30). The van der Waals surface area contributed by atoms with Crippen LogP contribution in [0, 0.1) is 5.92 Å². The summed E-state index contributed by atoms with van der Waals surface area (Å²) in [5.41, 5.74) is 3.77. The van der Waals surface area contributed by atoms with Gasteiger partial charge in [-0.3, -0.25) is 0 Å². The molecular formula is C26H20ClNO4. The Hall–Kier alpha value is -3.57. The molecule has 3 atom stereocenters. The molecule has 5 rings (SSSR count). The van der Waals surface area contributed by atoms with Gasteiger partial charge in [0.1, 0.15) is 11.8 Å². The van der Waals surface area contributed by atoms with Crippen LogP contribution in [-0.2, 0) is 4.79 Å². The van der Waals surface area contributed by atoms with E-state index in [4.69, 9.17) is 16.3 Å². The minimum atomic E-state index is -0.921. The van der Waals surface area contributed by atoms with Crippen molar-refractivity contribution in [3.63, 3.8) is 0 Å². The van der Waals surface area contributed by atoms with Gasteiger partial charge in [0, 0.05) is 16.9 Å². The quantitative estimate of drug-likeness (QED) is 0.303. The number of aliphatic carboxylic acids is 1. The molecule has 0 radical (unpaired) electrons. The van der Waals surface area contributed by atoms with Crippen LogP contribution in [0.15, 0.2) is 78.9 Å². The van der Waals surface area contributed by atoms with Crippen LogP contribution in [0.3, 0.4) is 0 Å². The molecule has 160 valence electrons. The molecule has 0 fully saturated rings. The number of halogens is 1. The zero-order chi connectivity index (χ0) is 22.2. The number of carboxylic acids is 1. The number of rotatable bonds is 4. The first-order valence-electron chi connectivity index (χ1n) is 10.4. The number of carbonyl (C=O) groups excluding carboxylic acids is 1. The van der Waals surface area contributed by atoms with Crippen LogP contribution in [0.4, 0.5) is 5.69 Å². The van der Waals surface area contributed by atoms with Gasteiger partial charge >= 0.3 is 11.9 Å². The first-order valence-corrected chi connectivity index (χ1v) is 10.8. The minimum Gasteiger partial charge on any atom is -0.480 e. The number of para-hydroxylation sites is 1. The maximum Gasteiger partial charge on any atom is 0.345 e. The van der Waals surface area contributed by atoms with Gasteiger partial charge in [-0.2, -0.15) is 0 Å². The summed E-state index contributed by atoms with van der Waals surface area (Å²) in [6, 6.07) is 19.4. The summed E-state index contributed by atoms with van der Waals surface area (Å²) in [6.07, 6.45) is 4.74. The van der Waals surface area contributed by atoms with E-state index in [1.54, 1.807) is 18.2 Å². The van der Waals surface area contributed by atoms with Crippen molar-refractivity contribution in [3.05, 3.63) is 95.0 Å². The SMILES string of the molecule is O=C(Oc1ccc(-c2ccc(Cl)cc2)cc1)c1cccc2c1NC(C(=O)O)C1CC=CC21.